The molecule has 4 heteroatoms. The fraction of sp³-hybridized carbons (Fsp3) is 0.136. The van der Waals surface area contributed by atoms with Crippen LogP contribution in [-0.2, 0) is 0 Å². The molecule has 0 aliphatic heterocycles. The first-order valence-corrected chi connectivity index (χ1v) is 16.2. The van der Waals surface area contributed by atoms with Crippen LogP contribution in [0.5, 0.6) is 0 Å². The summed E-state index contributed by atoms with van der Waals surface area (Å²) >= 11 is 0. The molecule has 0 bridgehead atoms. The molecule has 0 spiro atoms. The SMILES string of the molecule is Cc1ccc(N(c2ccc(C=O)cc2)c2ccc(-c3ccc(N(c4ccc(C=O)cc4)c4ccc(C)cc4C)c(C)c3)cc2C)c(C)c1. The van der Waals surface area contributed by atoms with Gasteiger partial charge in [0.05, 0.1) is 0 Å². The second-order valence-electron chi connectivity index (χ2n) is 12.7. The predicted octanol–water partition coefficient (Wildman–Crippen LogP) is 11.8. The largest absolute Gasteiger partial charge is 0.310 e. The Morgan fingerprint density at radius 2 is 0.688 bits per heavy atom. The van der Waals surface area contributed by atoms with Crippen LogP contribution < -0.4 is 9.80 Å². The third kappa shape index (κ3) is 6.43. The number of hydrogen-bond donors (Lipinski definition) is 0. The van der Waals surface area contributed by atoms with Crippen LogP contribution in [0.25, 0.3) is 11.1 Å². The highest BCUT2D eigenvalue weighted by molar-refractivity contribution is 5.86. The third-order valence-electron chi connectivity index (χ3n) is 8.97. The number of rotatable bonds is 9. The lowest BCUT2D eigenvalue weighted by Crippen LogP contribution is -2.13. The van der Waals surface area contributed by atoms with Crippen LogP contribution >= 0.6 is 0 Å². The van der Waals surface area contributed by atoms with E-state index in [0.717, 1.165) is 69.0 Å². The Bertz CT molecular complexity index is 1970. The topological polar surface area (TPSA) is 40.6 Å². The van der Waals surface area contributed by atoms with Crippen LogP contribution in [0.1, 0.15) is 54.1 Å². The van der Waals surface area contributed by atoms with Crippen LogP contribution in [0.3, 0.4) is 0 Å². The summed E-state index contributed by atoms with van der Waals surface area (Å²) in [6, 6.07) is 41.8. The minimum atomic E-state index is 0.652. The Kier molecular flexibility index (Phi) is 9.09. The standard InChI is InChI=1S/C44H40N2O2/c1-29-7-19-41(31(3)23-29)45(39-15-9-35(27-47)10-16-39)43-21-13-37(25-33(43)5)38-14-22-44(34(6)26-38)46(40-17-11-36(28-48)12-18-40)42-20-8-30(2)24-32(42)4/h7-28H,1-6H3. The zero-order chi connectivity index (χ0) is 33.9. The molecule has 6 rings (SSSR count). The first-order chi connectivity index (χ1) is 23.2. The molecule has 0 aliphatic rings. The van der Waals surface area contributed by atoms with Gasteiger partial charge < -0.3 is 9.80 Å². The maximum Gasteiger partial charge on any atom is 0.150 e. The number of benzene rings is 6. The fourth-order valence-corrected chi connectivity index (χ4v) is 6.50. The van der Waals surface area contributed by atoms with E-state index in [1.807, 2.05) is 48.5 Å². The Morgan fingerprint density at radius 3 is 0.979 bits per heavy atom. The molecule has 238 valence electrons. The molecular weight excluding hydrogens is 588 g/mol. The summed E-state index contributed by atoms with van der Waals surface area (Å²) < 4.78 is 0. The van der Waals surface area contributed by atoms with Crippen molar-refractivity contribution in [2.75, 3.05) is 9.80 Å². The summed E-state index contributed by atoms with van der Waals surface area (Å²) in [6.45, 7) is 12.8. The van der Waals surface area contributed by atoms with Crippen molar-refractivity contribution in [1.82, 2.24) is 0 Å². The van der Waals surface area contributed by atoms with Gasteiger partial charge in [0, 0.05) is 45.3 Å². The molecular formula is C44H40N2O2. The number of anilines is 6. The molecule has 0 amide bonds. The lowest BCUT2D eigenvalue weighted by atomic mass is 9.98. The zero-order valence-corrected chi connectivity index (χ0v) is 28.4. The zero-order valence-electron chi connectivity index (χ0n) is 28.4. The van der Waals surface area contributed by atoms with E-state index in [-0.39, 0.29) is 0 Å². The van der Waals surface area contributed by atoms with Crippen LogP contribution in [0.4, 0.5) is 34.1 Å². The van der Waals surface area contributed by atoms with E-state index in [4.69, 9.17) is 0 Å². The van der Waals surface area contributed by atoms with Gasteiger partial charge in [-0.2, -0.15) is 0 Å². The molecule has 4 nitrogen and oxygen atoms in total. The molecule has 6 aromatic rings. The molecule has 0 atom stereocenters. The van der Waals surface area contributed by atoms with Crippen LogP contribution in [0, 0.1) is 41.5 Å². The molecule has 0 N–H and O–H groups in total. The van der Waals surface area contributed by atoms with E-state index in [0.29, 0.717) is 11.1 Å². The molecule has 0 unspecified atom stereocenters. The highest BCUT2D eigenvalue weighted by Gasteiger charge is 2.20. The van der Waals surface area contributed by atoms with E-state index < -0.39 is 0 Å². The monoisotopic (exact) mass is 628 g/mol. The highest BCUT2D eigenvalue weighted by Crippen LogP contribution is 2.42. The summed E-state index contributed by atoms with van der Waals surface area (Å²) in [5.74, 6) is 0. The predicted molar refractivity (Wildman–Crippen MR) is 200 cm³/mol. The summed E-state index contributed by atoms with van der Waals surface area (Å²) in [5.41, 5.74) is 17.0. The smallest absolute Gasteiger partial charge is 0.150 e. The van der Waals surface area contributed by atoms with Gasteiger partial charge in [-0.05, 0) is 160 Å². The minimum Gasteiger partial charge on any atom is -0.310 e. The van der Waals surface area contributed by atoms with Crippen molar-refractivity contribution in [3.8, 4) is 11.1 Å². The van der Waals surface area contributed by atoms with E-state index in [9.17, 15) is 9.59 Å². The van der Waals surface area contributed by atoms with Crippen molar-refractivity contribution < 1.29 is 9.59 Å². The number of nitrogens with zero attached hydrogens (tertiary/aromatic N) is 2. The number of carbonyl (C=O) groups is 2. The molecule has 6 aromatic carbocycles. The van der Waals surface area contributed by atoms with Gasteiger partial charge in [0.15, 0.2) is 0 Å². The molecule has 0 heterocycles. The van der Waals surface area contributed by atoms with Gasteiger partial charge in [-0.25, -0.2) is 0 Å². The second kappa shape index (κ2) is 13.5. The van der Waals surface area contributed by atoms with Crippen molar-refractivity contribution in [2.24, 2.45) is 0 Å². The average molecular weight is 629 g/mol. The molecule has 0 aliphatic carbocycles. The van der Waals surface area contributed by atoms with Gasteiger partial charge in [-0.15, -0.1) is 0 Å². The number of aryl methyl sites for hydroxylation is 6. The van der Waals surface area contributed by atoms with Crippen LogP contribution in [0.15, 0.2) is 121 Å². The quantitative estimate of drug-likeness (QED) is 0.149. The van der Waals surface area contributed by atoms with Gasteiger partial charge in [0.25, 0.3) is 0 Å². The molecule has 0 aromatic heterocycles. The summed E-state index contributed by atoms with van der Waals surface area (Å²) in [5, 5.41) is 0. The summed E-state index contributed by atoms with van der Waals surface area (Å²) in [7, 11) is 0. The van der Waals surface area contributed by atoms with Gasteiger partial charge in [0.2, 0.25) is 0 Å². The second-order valence-corrected chi connectivity index (χ2v) is 12.7. The van der Waals surface area contributed by atoms with Gasteiger partial charge in [-0.1, -0.05) is 47.5 Å². The lowest BCUT2D eigenvalue weighted by Gasteiger charge is -2.29. The maximum atomic E-state index is 11.4. The molecule has 0 radical (unpaired) electrons. The molecule has 48 heavy (non-hydrogen) atoms. The third-order valence-corrected chi connectivity index (χ3v) is 8.97. The summed E-state index contributed by atoms with van der Waals surface area (Å²) in [6.07, 6.45) is 1.76. The van der Waals surface area contributed by atoms with Crippen molar-refractivity contribution in [1.29, 1.82) is 0 Å². The fourth-order valence-electron chi connectivity index (χ4n) is 6.50. The Hall–Kier alpha value is -5.74. The Morgan fingerprint density at radius 1 is 0.375 bits per heavy atom. The minimum absolute atomic E-state index is 0.652. The van der Waals surface area contributed by atoms with Crippen LogP contribution in [0.2, 0.25) is 0 Å². The van der Waals surface area contributed by atoms with E-state index in [1.165, 1.54) is 22.3 Å². The van der Waals surface area contributed by atoms with E-state index in [2.05, 4.69) is 124 Å². The van der Waals surface area contributed by atoms with Crippen molar-refractivity contribution in [2.45, 2.75) is 41.5 Å². The number of carbonyl (C=O) groups excluding carboxylic acids is 2. The van der Waals surface area contributed by atoms with Crippen molar-refractivity contribution >= 4 is 46.7 Å². The van der Waals surface area contributed by atoms with Crippen molar-refractivity contribution in [3.05, 3.63) is 166 Å². The van der Waals surface area contributed by atoms with E-state index in [1.54, 1.807) is 0 Å². The molecule has 0 fully saturated rings. The maximum absolute atomic E-state index is 11.4. The molecule has 0 saturated carbocycles. The first kappa shape index (κ1) is 32.2. The number of aldehydes is 2. The average Bonchev–Trinajstić information content (AvgIpc) is 3.08. The van der Waals surface area contributed by atoms with Gasteiger partial charge in [0.1, 0.15) is 12.6 Å². The normalized spacial score (nSPS) is 10.9. The van der Waals surface area contributed by atoms with Crippen molar-refractivity contribution in [3.63, 3.8) is 0 Å². The highest BCUT2D eigenvalue weighted by atomic mass is 16.1. The van der Waals surface area contributed by atoms with Gasteiger partial charge in [-0.3, -0.25) is 9.59 Å². The Labute approximate surface area is 283 Å². The lowest BCUT2D eigenvalue weighted by molar-refractivity contribution is 0.111. The molecule has 0 saturated heterocycles. The number of hydrogen-bond acceptors (Lipinski definition) is 4. The van der Waals surface area contributed by atoms with E-state index >= 15 is 0 Å². The Balaban J connectivity index is 1.41. The first-order valence-electron chi connectivity index (χ1n) is 16.2. The summed E-state index contributed by atoms with van der Waals surface area (Å²) in [4.78, 5) is 27.3. The van der Waals surface area contributed by atoms with Crippen LogP contribution in [-0.4, -0.2) is 12.6 Å². The van der Waals surface area contributed by atoms with Gasteiger partial charge >= 0.3 is 0 Å².